The molecular weight excluding hydrogens is 218 g/mol. The van der Waals surface area contributed by atoms with E-state index in [-0.39, 0.29) is 12.3 Å². The van der Waals surface area contributed by atoms with Crippen LogP contribution < -0.4 is 0 Å². The van der Waals surface area contributed by atoms with Gasteiger partial charge < -0.3 is 10.0 Å². The zero-order chi connectivity index (χ0) is 12.3. The molecule has 1 saturated heterocycles. The zero-order valence-corrected chi connectivity index (χ0v) is 10.0. The first-order valence-corrected chi connectivity index (χ1v) is 6.35. The molecule has 2 rings (SSSR count). The average molecular weight is 237 g/mol. The summed E-state index contributed by atoms with van der Waals surface area (Å²) in [7, 11) is 0. The molecule has 2 aliphatic rings. The van der Waals surface area contributed by atoms with Crippen molar-refractivity contribution in [1.29, 1.82) is 0 Å². The van der Waals surface area contributed by atoms with Crippen LogP contribution in [0, 0.1) is 5.92 Å². The summed E-state index contributed by atoms with van der Waals surface area (Å²) in [5.74, 6) is -1.35. The van der Waals surface area contributed by atoms with Crippen LogP contribution in [0.25, 0.3) is 0 Å². The summed E-state index contributed by atoms with van der Waals surface area (Å²) in [4.78, 5) is 24.1. The maximum Gasteiger partial charge on any atom is 0.308 e. The van der Waals surface area contributed by atoms with Crippen molar-refractivity contribution in [3.05, 3.63) is 11.6 Å². The average Bonchev–Trinajstić information content (AvgIpc) is 2.70. The number of aliphatic carboxylic acids is 1. The molecule has 1 heterocycles. The molecule has 1 aliphatic carbocycles. The highest BCUT2D eigenvalue weighted by molar-refractivity contribution is 5.86. The fourth-order valence-corrected chi connectivity index (χ4v) is 2.56. The van der Waals surface area contributed by atoms with Gasteiger partial charge in [0.2, 0.25) is 5.91 Å². The summed E-state index contributed by atoms with van der Waals surface area (Å²) < 4.78 is 0. The number of carbonyl (C=O) groups excluding carboxylic acids is 1. The van der Waals surface area contributed by atoms with E-state index in [1.807, 2.05) is 0 Å². The van der Waals surface area contributed by atoms with E-state index < -0.39 is 11.9 Å². The molecule has 17 heavy (non-hydrogen) atoms. The highest BCUT2D eigenvalue weighted by Crippen LogP contribution is 2.23. The van der Waals surface area contributed by atoms with Crippen molar-refractivity contribution in [2.24, 2.45) is 5.92 Å². The minimum atomic E-state index is -0.849. The van der Waals surface area contributed by atoms with Crippen molar-refractivity contribution in [1.82, 2.24) is 4.90 Å². The van der Waals surface area contributed by atoms with E-state index in [2.05, 4.69) is 6.08 Å². The number of hydrogen-bond acceptors (Lipinski definition) is 2. The van der Waals surface area contributed by atoms with E-state index in [0.717, 1.165) is 19.3 Å². The van der Waals surface area contributed by atoms with E-state index in [0.29, 0.717) is 13.1 Å². The molecule has 1 atom stereocenters. The predicted octanol–water partition coefficient (Wildman–Crippen LogP) is 1.81. The van der Waals surface area contributed by atoms with Gasteiger partial charge in [-0.15, -0.1) is 0 Å². The van der Waals surface area contributed by atoms with Gasteiger partial charge in [0.25, 0.3) is 0 Å². The molecule has 1 unspecified atom stereocenters. The fraction of sp³-hybridized carbons (Fsp3) is 0.692. The molecule has 94 valence electrons. The third-order valence-corrected chi connectivity index (χ3v) is 3.65. The van der Waals surface area contributed by atoms with Gasteiger partial charge in [-0.05, 0) is 32.1 Å². The number of hydrogen-bond donors (Lipinski definition) is 1. The third-order valence-electron chi connectivity index (χ3n) is 3.65. The summed E-state index contributed by atoms with van der Waals surface area (Å²) in [6, 6.07) is 0. The Kier molecular flexibility index (Phi) is 3.82. The number of allylic oxidation sites excluding steroid dienone is 1. The van der Waals surface area contributed by atoms with Gasteiger partial charge in [0.15, 0.2) is 0 Å². The molecule has 0 radical (unpaired) electrons. The summed E-state index contributed by atoms with van der Waals surface area (Å²) in [6.07, 6.45) is 8.18. The molecule has 1 aliphatic heterocycles. The van der Waals surface area contributed by atoms with Crippen molar-refractivity contribution in [2.75, 3.05) is 13.1 Å². The van der Waals surface area contributed by atoms with Crippen molar-refractivity contribution >= 4 is 11.9 Å². The van der Waals surface area contributed by atoms with Gasteiger partial charge in [-0.25, -0.2) is 0 Å². The van der Waals surface area contributed by atoms with E-state index >= 15 is 0 Å². The van der Waals surface area contributed by atoms with Gasteiger partial charge in [-0.1, -0.05) is 11.6 Å². The smallest absolute Gasteiger partial charge is 0.308 e. The number of carboxylic acids is 1. The van der Waals surface area contributed by atoms with Gasteiger partial charge in [-0.3, -0.25) is 9.59 Å². The Morgan fingerprint density at radius 3 is 2.88 bits per heavy atom. The molecule has 0 aromatic carbocycles. The number of carbonyl (C=O) groups is 2. The van der Waals surface area contributed by atoms with E-state index in [9.17, 15) is 9.59 Å². The lowest BCUT2D eigenvalue weighted by Crippen LogP contribution is -2.27. The number of amides is 1. The lowest BCUT2D eigenvalue weighted by Gasteiger charge is -2.18. The van der Waals surface area contributed by atoms with Crippen LogP contribution in [-0.2, 0) is 9.59 Å². The van der Waals surface area contributed by atoms with Crippen molar-refractivity contribution in [3.8, 4) is 0 Å². The standard InChI is InChI=1S/C13H19NO3/c15-12-8-11(13(16)17)9-14(12)7-6-10-4-2-1-3-5-10/h4,11H,1-3,5-9H2,(H,16,17). The number of likely N-dealkylation sites (tertiary alicyclic amines) is 1. The molecule has 0 bridgehead atoms. The summed E-state index contributed by atoms with van der Waals surface area (Å²) in [5, 5.41) is 8.88. The zero-order valence-electron chi connectivity index (χ0n) is 10.0. The number of carboxylic acid groups (broad SMARTS) is 1. The van der Waals surface area contributed by atoms with Gasteiger partial charge in [0, 0.05) is 19.5 Å². The second-order valence-electron chi connectivity index (χ2n) is 4.94. The molecule has 1 fully saturated rings. The second-order valence-corrected chi connectivity index (χ2v) is 4.94. The maximum atomic E-state index is 11.6. The Hall–Kier alpha value is -1.32. The van der Waals surface area contributed by atoms with Crippen LogP contribution in [0.15, 0.2) is 11.6 Å². The van der Waals surface area contributed by atoms with Crippen molar-refractivity contribution < 1.29 is 14.7 Å². The Morgan fingerprint density at radius 2 is 2.29 bits per heavy atom. The minimum Gasteiger partial charge on any atom is -0.481 e. The first-order valence-electron chi connectivity index (χ1n) is 6.35. The topological polar surface area (TPSA) is 57.6 Å². The monoisotopic (exact) mass is 237 g/mol. The van der Waals surface area contributed by atoms with Crippen LogP contribution >= 0.6 is 0 Å². The van der Waals surface area contributed by atoms with Crippen LogP contribution in [0.3, 0.4) is 0 Å². The molecule has 0 spiro atoms. The Morgan fingerprint density at radius 1 is 1.47 bits per heavy atom. The van der Waals surface area contributed by atoms with Gasteiger partial charge in [-0.2, -0.15) is 0 Å². The Balaban J connectivity index is 1.81. The first kappa shape index (κ1) is 12.1. The molecule has 0 aromatic heterocycles. The van der Waals surface area contributed by atoms with Crippen molar-refractivity contribution in [3.63, 3.8) is 0 Å². The van der Waals surface area contributed by atoms with Gasteiger partial charge in [0.05, 0.1) is 5.92 Å². The summed E-state index contributed by atoms with van der Waals surface area (Å²) >= 11 is 0. The molecule has 1 N–H and O–H groups in total. The van der Waals surface area contributed by atoms with Crippen molar-refractivity contribution in [2.45, 2.75) is 38.5 Å². The largest absolute Gasteiger partial charge is 0.481 e. The Bertz CT molecular complexity index is 349. The highest BCUT2D eigenvalue weighted by Gasteiger charge is 2.33. The normalized spacial score (nSPS) is 24.9. The van der Waals surface area contributed by atoms with Crippen LogP contribution in [0.5, 0.6) is 0 Å². The number of nitrogens with zero attached hydrogens (tertiary/aromatic N) is 1. The van der Waals surface area contributed by atoms with Crippen LogP contribution in [0.4, 0.5) is 0 Å². The van der Waals surface area contributed by atoms with E-state index in [1.165, 1.54) is 18.4 Å². The van der Waals surface area contributed by atoms with Crippen LogP contribution in [0.1, 0.15) is 38.5 Å². The van der Waals surface area contributed by atoms with Gasteiger partial charge >= 0.3 is 5.97 Å². The maximum absolute atomic E-state index is 11.6. The minimum absolute atomic E-state index is 0.00573. The lowest BCUT2D eigenvalue weighted by molar-refractivity contribution is -0.141. The molecule has 4 heteroatoms. The molecule has 1 amide bonds. The van der Waals surface area contributed by atoms with Crippen LogP contribution in [-0.4, -0.2) is 35.0 Å². The summed E-state index contributed by atoms with van der Waals surface area (Å²) in [6.45, 7) is 1.08. The van der Waals surface area contributed by atoms with Gasteiger partial charge in [0.1, 0.15) is 0 Å². The molecular formula is C13H19NO3. The van der Waals surface area contributed by atoms with E-state index in [4.69, 9.17) is 5.11 Å². The number of rotatable bonds is 4. The molecule has 0 aromatic rings. The quantitative estimate of drug-likeness (QED) is 0.759. The fourth-order valence-electron chi connectivity index (χ4n) is 2.56. The third kappa shape index (κ3) is 3.08. The second kappa shape index (κ2) is 5.34. The first-order chi connectivity index (χ1) is 8.16. The van der Waals surface area contributed by atoms with Crippen LogP contribution in [0.2, 0.25) is 0 Å². The molecule has 4 nitrogen and oxygen atoms in total. The highest BCUT2D eigenvalue weighted by atomic mass is 16.4. The summed E-state index contributed by atoms with van der Waals surface area (Å²) in [5.41, 5.74) is 1.43. The Labute approximate surface area is 101 Å². The molecule has 0 saturated carbocycles. The lowest BCUT2D eigenvalue weighted by atomic mass is 9.97. The SMILES string of the molecule is O=C(O)C1CC(=O)N(CCC2=CCCCC2)C1. The van der Waals surface area contributed by atoms with E-state index in [1.54, 1.807) is 4.90 Å². The predicted molar refractivity (Wildman–Crippen MR) is 63.5 cm³/mol.